The van der Waals surface area contributed by atoms with E-state index in [1.807, 2.05) is 12.1 Å². The Kier molecular flexibility index (Phi) is 4.75. The maximum absolute atomic E-state index is 9.81. The van der Waals surface area contributed by atoms with Crippen LogP contribution in [0.2, 0.25) is 0 Å². The molecule has 0 saturated carbocycles. The van der Waals surface area contributed by atoms with Gasteiger partial charge >= 0.3 is 0 Å². The molecule has 0 amide bonds. The molecule has 1 aromatic carbocycles. The van der Waals surface area contributed by atoms with E-state index in [0.29, 0.717) is 12.4 Å². The summed E-state index contributed by atoms with van der Waals surface area (Å²) in [4.78, 5) is 8.66. The molecular weight excluding hydrogens is 340 g/mol. The van der Waals surface area contributed by atoms with Crippen LogP contribution in [0.5, 0.6) is 5.75 Å². The lowest BCUT2D eigenvalue weighted by atomic mass is 9.71. The SMILES string of the molecule is COc1ccc2c(c1NC[C@@H](O)CCl)CC(C)(C)c1c(N)ncnc1-2. The molecule has 1 heterocycles. The second-order valence-corrected chi connectivity index (χ2v) is 7.21. The fraction of sp³-hybridized carbons (Fsp3) is 0.444. The van der Waals surface area contributed by atoms with Crippen molar-refractivity contribution in [3.05, 3.63) is 29.6 Å². The van der Waals surface area contributed by atoms with Crippen molar-refractivity contribution in [2.24, 2.45) is 0 Å². The van der Waals surface area contributed by atoms with Crippen LogP contribution in [0.25, 0.3) is 11.3 Å². The van der Waals surface area contributed by atoms with Crippen molar-refractivity contribution in [3.8, 4) is 17.0 Å². The van der Waals surface area contributed by atoms with E-state index in [1.54, 1.807) is 7.11 Å². The zero-order valence-corrected chi connectivity index (χ0v) is 15.4. The van der Waals surface area contributed by atoms with Gasteiger partial charge in [-0.15, -0.1) is 11.6 Å². The Morgan fingerprint density at radius 3 is 2.84 bits per heavy atom. The molecule has 25 heavy (non-hydrogen) atoms. The van der Waals surface area contributed by atoms with Gasteiger partial charge in [0.25, 0.3) is 0 Å². The molecule has 7 heteroatoms. The van der Waals surface area contributed by atoms with Crippen LogP contribution in [-0.2, 0) is 11.8 Å². The van der Waals surface area contributed by atoms with Gasteiger partial charge < -0.3 is 20.9 Å². The number of nitrogens with one attached hydrogen (secondary N) is 1. The summed E-state index contributed by atoms with van der Waals surface area (Å²) < 4.78 is 5.52. The van der Waals surface area contributed by atoms with Crippen molar-refractivity contribution < 1.29 is 9.84 Å². The van der Waals surface area contributed by atoms with Crippen LogP contribution in [0.15, 0.2) is 18.5 Å². The number of methoxy groups -OCH3 is 1. The van der Waals surface area contributed by atoms with Crippen LogP contribution >= 0.6 is 11.6 Å². The minimum atomic E-state index is -0.635. The molecule has 1 aliphatic rings. The fourth-order valence-electron chi connectivity index (χ4n) is 3.47. The molecular formula is C18H23ClN4O2. The molecule has 1 aromatic heterocycles. The number of hydrogen-bond donors (Lipinski definition) is 3. The van der Waals surface area contributed by atoms with E-state index >= 15 is 0 Å². The number of halogens is 1. The quantitative estimate of drug-likeness (QED) is 0.708. The van der Waals surface area contributed by atoms with Gasteiger partial charge in [-0.3, -0.25) is 0 Å². The van der Waals surface area contributed by atoms with Crippen molar-refractivity contribution in [2.45, 2.75) is 31.8 Å². The van der Waals surface area contributed by atoms with Crippen LogP contribution in [-0.4, -0.2) is 40.7 Å². The number of nitrogens with two attached hydrogens (primary N) is 1. The highest BCUT2D eigenvalue weighted by Gasteiger charge is 2.36. The van der Waals surface area contributed by atoms with Crippen molar-refractivity contribution in [1.29, 1.82) is 0 Å². The predicted octanol–water partition coefficient (Wildman–Crippen LogP) is 2.58. The average Bonchev–Trinajstić information content (AvgIpc) is 2.58. The molecule has 0 aliphatic heterocycles. The van der Waals surface area contributed by atoms with E-state index in [2.05, 4.69) is 29.1 Å². The van der Waals surface area contributed by atoms with Crippen LogP contribution < -0.4 is 15.8 Å². The lowest BCUT2D eigenvalue weighted by molar-refractivity contribution is 0.211. The number of nitrogens with zero attached hydrogens (tertiary/aromatic N) is 2. The topological polar surface area (TPSA) is 93.3 Å². The third kappa shape index (κ3) is 3.12. The Balaban J connectivity index is 2.16. The highest BCUT2D eigenvalue weighted by atomic mass is 35.5. The van der Waals surface area contributed by atoms with Crippen molar-refractivity contribution >= 4 is 23.1 Å². The first-order valence-electron chi connectivity index (χ1n) is 8.18. The lowest BCUT2D eigenvalue weighted by Gasteiger charge is -2.35. The normalized spacial score (nSPS) is 15.9. The highest BCUT2D eigenvalue weighted by molar-refractivity contribution is 6.18. The number of benzene rings is 1. The standard InChI is InChI=1S/C18H23ClN4O2/c1-18(2)6-12-11(16-14(18)17(20)23-9-22-16)4-5-13(25-3)15(12)21-8-10(24)7-19/h4-5,9-10,21,24H,6-8H2,1-3H3,(H2,20,22,23)/t10-/m0/s1. The number of hydrogen-bond acceptors (Lipinski definition) is 6. The summed E-state index contributed by atoms with van der Waals surface area (Å²) in [6, 6.07) is 3.90. The van der Waals surface area contributed by atoms with Gasteiger partial charge in [-0.1, -0.05) is 13.8 Å². The largest absolute Gasteiger partial charge is 0.495 e. The second-order valence-electron chi connectivity index (χ2n) is 6.90. The Morgan fingerprint density at radius 2 is 2.16 bits per heavy atom. The molecule has 0 unspecified atom stereocenters. The molecule has 0 fully saturated rings. The molecule has 134 valence electrons. The summed E-state index contributed by atoms with van der Waals surface area (Å²) in [5, 5.41) is 13.1. The van der Waals surface area contributed by atoms with E-state index in [4.69, 9.17) is 22.1 Å². The smallest absolute Gasteiger partial charge is 0.142 e. The Hall–Kier alpha value is -2.05. The van der Waals surface area contributed by atoms with Gasteiger partial charge in [0.1, 0.15) is 17.9 Å². The summed E-state index contributed by atoms with van der Waals surface area (Å²) >= 11 is 5.71. The molecule has 0 bridgehead atoms. The molecule has 4 N–H and O–H groups in total. The maximum atomic E-state index is 9.81. The number of fused-ring (bicyclic) bond motifs is 3. The number of anilines is 2. The van der Waals surface area contributed by atoms with Crippen LogP contribution in [0.1, 0.15) is 25.0 Å². The Bertz CT molecular complexity index is 795. The average molecular weight is 363 g/mol. The third-order valence-electron chi connectivity index (χ3n) is 4.61. The maximum Gasteiger partial charge on any atom is 0.142 e. The van der Waals surface area contributed by atoms with E-state index < -0.39 is 6.10 Å². The zero-order valence-electron chi connectivity index (χ0n) is 14.6. The van der Waals surface area contributed by atoms with Crippen molar-refractivity contribution in [3.63, 3.8) is 0 Å². The van der Waals surface area contributed by atoms with E-state index in [9.17, 15) is 5.11 Å². The van der Waals surface area contributed by atoms with Crippen LogP contribution in [0.3, 0.4) is 0 Å². The first kappa shape index (κ1) is 17.8. The number of alkyl halides is 1. The van der Waals surface area contributed by atoms with Crippen LogP contribution in [0, 0.1) is 0 Å². The predicted molar refractivity (Wildman–Crippen MR) is 100 cm³/mol. The van der Waals surface area contributed by atoms with E-state index in [0.717, 1.165) is 40.2 Å². The molecule has 2 aromatic rings. The first-order chi connectivity index (χ1) is 11.9. The minimum Gasteiger partial charge on any atom is -0.495 e. The Labute approximate surface area is 152 Å². The zero-order chi connectivity index (χ0) is 18.2. The second kappa shape index (κ2) is 6.69. The van der Waals surface area contributed by atoms with Gasteiger partial charge in [-0.25, -0.2) is 9.97 Å². The number of rotatable bonds is 5. The molecule has 1 aliphatic carbocycles. The van der Waals surface area contributed by atoms with E-state index in [1.165, 1.54) is 6.33 Å². The summed E-state index contributed by atoms with van der Waals surface area (Å²) in [5.74, 6) is 1.41. The van der Waals surface area contributed by atoms with Gasteiger partial charge in [-0.05, 0) is 29.5 Å². The third-order valence-corrected chi connectivity index (χ3v) is 4.97. The number of aromatic nitrogens is 2. The van der Waals surface area contributed by atoms with Crippen molar-refractivity contribution in [1.82, 2.24) is 9.97 Å². The van der Waals surface area contributed by atoms with Crippen LogP contribution in [0.4, 0.5) is 11.5 Å². The molecule has 0 radical (unpaired) electrons. The monoisotopic (exact) mass is 362 g/mol. The summed E-state index contributed by atoms with van der Waals surface area (Å²) in [6.07, 6.45) is 1.61. The summed E-state index contributed by atoms with van der Waals surface area (Å²) in [7, 11) is 1.63. The van der Waals surface area contributed by atoms with Gasteiger partial charge in [0.05, 0.1) is 30.5 Å². The Morgan fingerprint density at radius 1 is 1.40 bits per heavy atom. The number of nitrogen functional groups attached to an aromatic ring is 1. The highest BCUT2D eigenvalue weighted by Crippen LogP contribution is 2.48. The van der Waals surface area contributed by atoms with E-state index in [-0.39, 0.29) is 11.3 Å². The van der Waals surface area contributed by atoms with Gasteiger partial charge in [0, 0.05) is 17.7 Å². The molecule has 0 saturated heterocycles. The molecule has 1 atom stereocenters. The summed E-state index contributed by atoms with van der Waals surface area (Å²) in [6.45, 7) is 4.60. The number of ether oxygens (including phenoxy) is 1. The van der Waals surface area contributed by atoms with Gasteiger partial charge in [-0.2, -0.15) is 0 Å². The van der Waals surface area contributed by atoms with Gasteiger partial charge in [0.2, 0.25) is 0 Å². The molecule has 3 rings (SSSR count). The lowest BCUT2D eigenvalue weighted by Crippen LogP contribution is -2.29. The molecule has 0 spiro atoms. The van der Waals surface area contributed by atoms with Crippen molar-refractivity contribution in [2.75, 3.05) is 30.6 Å². The minimum absolute atomic E-state index is 0.169. The fourth-order valence-corrected chi connectivity index (χ4v) is 3.58. The number of aliphatic hydroxyl groups excluding tert-OH is 1. The first-order valence-corrected chi connectivity index (χ1v) is 8.71. The van der Waals surface area contributed by atoms with Gasteiger partial charge in [0.15, 0.2) is 0 Å². The number of aliphatic hydroxyl groups is 1. The molecule has 6 nitrogen and oxygen atoms in total. The summed E-state index contributed by atoms with van der Waals surface area (Å²) in [5.41, 5.74) is 10.7.